The summed E-state index contributed by atoms with van der Waals surface area (Å²) >= 11 is 1.43. The molecule has 3 rings (SSSR count). The van der Waals surface area contributed by atoms with Crippen LogP contribution in [-0.2, 0) is 0 Å². The molecule has 0 radical (unpaired) electrons. The lowest BCUT2D eigenvalue weighted by molar-refractivity contribution is 0.0716. The summed E-state index contributed by atoms with van der Waals surface area (Å²) in [6, 6.07) is 8.94. The normalized spacial score (nSPS) is 15.4. The summed E-state index contributed by atoms with van der Waals surface area (Å²) in [6.45, 7) is 4.05. The molecule has 1 aromatic carbocycles. The Morgan fingerprint density at radius 2 is 2.00 bits per heavy atom. The number of benzene rings is 1. The van der Waals surface area contributed by atoms with Gasteiger partial charge < -0.3 is 9.84 Å². The first-order chi connectivity index (χ1) is 11.6. The zero-order valence-corrected chi connectivity index (χ0v) is 16.0. The Kier molecular flexibility index (Phi) is 6.70. The Bertz CT molecular complexity index is 727. The summed E-state index contributed by atoms with van der Waals surface area (Å²) in [5, 5.41) is 11.7. The van der Waals surface area contributed by atoms with Gasteiger partial charge in [-0.05, 0) is 54.7 Å². The smallest absolute Gasteiger partial charge is 0.275 e. The minimum atomic E-state index is -0.0634. The number of piperidine rings is 1. The number of hydrogen-bond acceptors (Lipinski definition) is 5. The molecule has 1 aromatic heterocycles. The molecule has 1 aliphatic heterocycles. The average Bonchev–Trinajstić information content (AvgIpc) is 3.07. The van der Waals surface area contributed by atoms with Crippen LogP contribution < -0.4 is 10.2 Å². The Labute approximate surface area is 158 Å². The highest BCUT2D eigenvalue weighted by atomic mass is 35.5. The van der Waals surface area contributed by atoms with Gasteiger partial charge in [0.15, 0.2) is 11.5 Å². The molecule has 0 aliphatic carbocycles. The first-order valence-electron chi connectivity index (χ1n) is 8.10. The van der Waals surface area contributed by atoms with Crippen molar-refractivity contribution in [3.63, 3.8) is 0 Å². The molecule has 136 valence electrons. The van der Waals surface area contributed by atoms with E-state index in [1.807, 2.05) is 23.2 Å². The van der Waals surface area contributed by atoms with E-state index >= 15 is 0 Å². The second kappa shape index (κ2) is 8.56. The van der Waals surface area contributed by atoms with Gasteiger partial charge in [0.2, 0.25) is 0 Å². The number of nitrogens with zero attached hydrogens (tertiary/aromatic N) is 1. The standard InChI is InChI=1S/C18H22N2O3S.ClH/c1-12-7-9-20(10-8-12)19-18(22)17-6-5-16(24-17)13-3-4-14(21)15(11-13)23-2;/h3-6,11-12,21H,7-10H2,1-2H3,(H,19,22);1H. The number of carbonyl (C=O) groups is 1. The predicted octanol–water partition coefficient (Wildman–Crippen LogP) is 3.93. The highest BCUT2D eigenvalue weighted by Gasteiger charge is 2.19. The number of phenols is 1. The SMILES string of the molecule is COc1cc(-c2ccc(C(=O)NN3CCC(C)CC3)s2)ccc1O.Cl. The summed E-state index contributed by atoms with van der Waals surface area (Å²) in [7, 11) is 1.52. The maximum Gasteiger partial charge on any atom is 0.275 e. The van der Waals surface area contributed by atoms with Crippen LogP contribution in [0.15, 0.2) is 30.3 Å². The molecule has 2 N–H and O–H groups in total. The predicted molar refractivity (Wildman–Crippen MR) is 103 cm³/mol. The molecule has 1 saturated heterocycles. The van der Waals surface area contributed by atoms with E-state index in [1.165, 1.54) is 18.4 Å². The number of hydrogen-bond donors (Lipinski definition) is 2. The van der Waals surface area contributed by atoms with Gasteiger partial charge in [0.1, 0.15) is 0 Å². The van der Waals surface area contributed by atoms with Crippen LogP contribution in [0.2, 0.25) is 0 Å². The maximum atomic E-state index is 12.4. The van der Waals surface area contributed by atoms with Gasteiger partial charge in [-0.1, -0.05) is 6.92 Å². The highest BCUT2D eigenvalue weighted by Crippen LogP contribution is 2.34. The van der Waals surface area contributed by atoms with Crippen LogP contribution in [0.3, 0.4) is 0 Å². The summed E-state index contributed by atoms with van der Waals surface area (Å²) in [6.07, 6.45) is 2.23. The molecule has 25 heavy (non-hydrogen) atoms. The first-order valence-corrected chi connectivity index (χ1v) is 8.91. The largest absolute Gasteiger partial charge is 0.504 e. The number of aromatic hydroxyl groups is 1. The molecular formula is C18H23ClN2O3S. The van der Waals surface area contributed by atoms with Gasteiger partial charge in [0, 0.05) is 18.0 Å². The molecular weight excluding hydrogens is 360 g/mol. The Morgan fingerprint density at radius 1 is 1.28 bits per heavy atom. The third-order valence-corrected chi connectivity index (χ3v) is 5.47. The van der Waals surface area contributed by atoms with Crippen LogP contribution in [0.25, 0.3) is 10.4 Å². The van der Waals surface area contributed by atoms with Gasteiger partial charge in [-0.25, -0.2) is 5.01 Å². The molecule has 0 atom stereocenters. The summed E-state index contributed by atoms with van der Waals surface area (Å²) in [4.78, 5) is 14.0. The van der Waals surface area contributed by atoms with Crippen LogP contribution in [0.5, 0.6) is 11.5 Å². The van der Waals surface area contributed by atoms with Crippen LogP contribution in [0.1, 0.15) is 29.4 Å². The number of amides is 1. The number of nitrogens with one attached hydrogen (secondary N) is 1. The molecule has 0 unspecified atom stereocenters. The van der Waals surface area contributed by atoms with Crippen LogP contribution in [0, 0.1) is 5.92 Å². The summed E-state index contributed by atoms with van der Waals surface area (Å²) in [5.74, 6) is 1.20. The van der Waals surface area contributed by atoms with Crippen LogP contribution >= 0.6 is 23.7 Å². The molecule has 1 amide bonds. The van der Waals surface area contributed by atoms with E-state index in [9.17, 15) is 9.90 Å². The third-order valence-electron chi connectivity index (χ3n) is 4.34. The number of ether oxygens (including phenoxy) is 1. The van der Waals surface area contributed by atoms with Gasteiger partial charge in [0.05, 0.1) is 12.0 Å². The van der Waals surface area contributed by atoms with Gasteiger partial charge in [0.25, 0.3) is 5.91 Å². The van der Waals surface area contributed by atoms with Gasteiger partial charge >= 0.3 is 0 Å². The number of thiophene rings is 1. The van der Waals surface area contributed by atoms with Crippen molar-refractivity contribution in [1.29, 1.82) is 0 Å². The van der Waals surface area contributed by atoms with Gasteiger partial charge in [-0.15, -0.1) is 23.7 Å². The zero-order chi connectivity index (χ0) is 17.1. The number of phenolic OH excluding ortho intramolecular Hbond substituents is 1. The van der Waals surface area contributed by atoms with Crippen molar-refractivity contribution in [3.8, 4) is 21.9 Å². The number of hydrazine groups is 1. The molecule has 0 saturated carbocycles. The van der Waals surface area contributed by atoms with Crippen molar-refractivity contribution in [2.24, 2.45) is 5.92 Å². The molecule has 2 aromatic rings. The van der Waals surface area contributed by atoms with Crippen molar-refractivity contribution < 1.29 is 14.6 Å². The Hall–Kier alpha value is -1.76. The fourth-order valence-corrected chi connectivity index (χ4v) is 3.66. The number of halogens is 1. The fourth-order valence-electron chi connectivity index (χ4n) is 2.77. The molecule has 1 aliphatic rings. The van der Waals surface area contributed by atoms with E-state index in [0.29, 0.717) is 10.6 Å². The monoisotopic (exact) mass is 382 g/mol. The molecule has 2 heterocycles. The molecule has 0 bridgehead atoms. The van der Waals surface area contributed by atoms with Crippen LogP contribution in [-0.4, -0.2) is 36.2 Å². The lowest BCUT2D eigenvalue weighted by Gasteiger charge is -2.30. The quantitative estimate of drug-likeness (QED) is 0.841. The third kappa shape index (κ3) is 4.66. The topological polar surface area (TPSA) is 61.8 Å². The average molecular weight is 383 g/mol. The van der Waals surface area contributed by atoms with Crippen molar-refractivity contribution >= 4 is 29.7 Å². The fraction of sp³-hybridized carbons (Fsp3) is 0.389. The maximum absolute atomic E-state index is 12.4. The molecule has 5 nitrogen and oxygen atoms in total. The van der Waals surface area contributed by atoms with E-state index < -0.39 is 0 Å². The van der Waals surface area contributed by atoms with Crippen molar-refractivity contribution in [2.45, 2.75) is 19.8 Å². The number of methoxy groups -OCH3 is 1. The van der Waals surface area contributed by atoms with E-state index in [1.54, 1.807) is 12.1 Å². The van der Waals surface area contributed by atoms with Crippen molar-refractivity contribution in [1.82, 2.24) is 10.4 Å². The lowest BCUT2D eigenvalue weighted by Crippen LogP contribution is -2.46. The molecule has 1 fully saturated rings. The summed E-state index contributed by atoms with van der Waals surface area (Å²) < 4.78 is 5.14. The van der Waals surface area contributed by atoms with Crippen molar-refractivity contribution in [2.75, 3.05) is 20.2 Å². The second-order valence-electron chi connectivity index (χ2n) is 6.16. The Morgan fingerprint density at radius 3 is 2.68 bits per heavy atom. The highest BCUT2D eigenvalue weighted by molar-refractivity contribution is 7.17. The lowest BCUT2D eigenvalue weighted by atomic mass is 10.0. The molecule has 7 heteroatoms. The number of carbonyl (C=O) groups excluding carboxylic acids is 1. The second-order valence-corrected chi connectivity index (χ2v) is 7.24. The van der Waals surface area contributed by atoms with E-state index in [2.05, 4.69) is 12.3 Å². The van der Waals surface area contributed by atoms with Crippen molar-refractivity contribution in [3.05, 3.63) is 35.2 Å². The van der Waals surface area contributed by atoms with E-state index in [4.69, 9.17) is 4.74 Å². The summed E-state index contributed by atoms with van der Waals surface area (Å²) in [5.41, 5.74) is 3.91. The van der Waals surface area contributed by atoms with E-state index in [0.717, 1.165) is 42.3 Å². The minimum Gasteiger partial charge on any atom is -0.504 e. The minimum absolute atomic E-state index is 0. The van der Waals surface area contributed by atoms with Gasteiger partial charge in [-0.2, -0.15) is 0 Å². The van der Waals surface area contributed by atoms with Gasteiger partial charge in [-0.3, -0.25) is 10.2 Å². The van der Waals surface area contributed by atoms with Crippen LogP contribution in [0.4, 0.5) is 0 Å². The zero-order valence-electron chi connectivity index (χ0n) is 14.3. The van der Waals surface area contributed by atoms with E-state index in [-0.39, 0.29) is 24.1 Å². The Balaban J connectivity index is 0.00000225. The first kappa shape index (κ1) is 19.6. The number of rotatable bonds is 4. The molecule has 0 spiro atoms.